The maximum Gasteiger partial charge on any atom is 0.243 e. The van der Waals surface area contributed by atoms with Gasteiger partial charge in [0.15, 0.2) is 0 Å². The summed E-state index contributed by atoms with van der Waals surface area (Å²) < 4.78 is 32.8. The highest BCUT2D eigenvalue weighted by Gasteiger charge is 2.32. The summed E-state index contributed by atoms with van der Waals surface area (Å²) in [5.41, 5.74) is 2.70. The molecule has 0 aliphatic carbocycles. The first-order valence-corrected chi connectivity index (χ1v) is 12.6. The van der Waals surface area contributed by atoms with Crippen LogP contribution in [-0.4, -0.2) is 56.0 Å². The molecule has 0 saturated carbocycles. The first-order chi connectivity index (χ1) is 16.2. The van der Waals surface area contributed by atoms with Crippen LogP contribution in [0.4, 0.5) is 5.69 Å². The lowest BCUT2D eigenvalue weighted by molar-refractivity contribution is -0.126. The van der Waals surface area contributed by atoms with Crippen molar-refractivity contribution in [1.82, 2.24) is 19.8 Å². The molecule has 1 fully saturated rings. The number of piperidine rings is 1. The van der Waals surface area contributed by atoms with Gasteiger partial charge >= 0.3 is 0 Å². The number of carbonyl (C=O) groups excluding carboxylic acids is 1. The summed E-state index contributed by atoms with van der Waals surface area (Å²) in [5, 5.41) is 6.85. The van der Waals surface area contributed by atoms with E-state index in [-0.39, 0.29) is 16.7 Å². The molecule has 1 amide bonds. The minimum absolute atomic E-state index is 0.0387. The smallest absolute Gasteiger partial charge is 0.243 e. The molecular formula is C24H29N5O4S. The lowest BCUT2D eigenvalue weighted by Crippen LogP contribution is -2.42. The van der Waals surface area contributed by atoms with Crippen LogP contribution in [0.15, 0.2) is 57.9 Å². The molecule has 0 radical (unpaired) electrons. The molecule has 3 aromatic rings. The zero-order valence-electron chi connectivity index (χ0n) is 19.6. The summed E-state index contributed by atoms with van der Waals surface area (Å²) in [6, 6.07) is 14.5. The summed E-state index contributed by atoms with van der Waals surface area (Å²) in [4.78, 5) is 19.0. The second-order valence-corrected chi connectivity index (χ2v) is 10.6. The lowest BCUT2D eigenvalue weighted by Gasteiger charge is -2.30. The quantitative estimate of drug-likeness (QED) is 0.550. The second-order valence-electron chi connectivity index (χ2n) is 8.62. The zero-order chi connectivity index (χ0) is 24.3. The number of anilines is 1. The third kappa shape index (κ3) is 5.28. The van der Waals surface area contributed by atoms with E-state index in [9.17, 15) is 13.2 Å². The van der Waals surface area contributed by atoms with E-state index >= 15 is 0 Å². The Morgan fingerprint density at radius 1 is 1.15 bits per heavy atom. The van der Waals surface area contributed by atoms with Crippen molar-refractivity contribution in [3.8, 4) is 11.4 Å². The lowest BCUT2D eigenvalue weighted by atomic mass is 9.97. The molecule has 1 N–H and O–H groups in total. The van der Waals surface area contributed by atoms with Gasteiger partial charge in [0.1, 0.15) is 0 Å². The minimum atomic E-state index is -3.69. The highest BCUT2D eigenvalue weighted by Crippen LogP contribution is 2.26. The average molecular weight is 484 g/mol. The van der Waals surface area contributed by atoms with E-state index in [0.29, 0.717) is 49.8 Å². The van der Waals surface area contributed by atoms with Crippen molar-refractivity contribution in [2.75, 3.05) is 32.1 Å². The summed E-state index contributed by atoms with van der Waals surface area (Å²) >= 11 is 0. The van der Waals surface area contributed by atoms with E-state index in [1.54, 1.807) is 31.2 Å². The number of hydrogen-bond acceptors (Lipinski definition) is 7. The van der Waals surface area contributed by atoms with Gasteiger partial charge in [-0.05, 0) is 42.7 Å². The monoisotopic (exact) mass is 483 g/mol. The molecular weight excluding hydrogens is 454 g/mol. The van der Waals surface area contributed by atoms with E-state index in [4.69, 9.17) is 4.52 Å². The maximum atomic E-state index is 13.2. The Morgan fingerprint density at radius 2 is 1.85 bits per heavy atom. The highest BCUT2D eigenvalue weighted by molar-refractivity contribution is 7.89. The van der Waals surface area contributed by atoms with Crippen LogP contribution in [0, 0.1) is 12.8 Å². The Bertz CT molecular complexity index is 1250. The SMILES string of the molecule is Cc1nc(-c2cccc(S(=O)(=O)N3CCC(C(=O)NCc4ccc(N(C)C)cc4)CC3)c2)no1. The molecule has 0 unspecified atom stereocenters. The minimum Gasteiger partial charge on any atom is -0.378 e. The molecule has 0 bridgehead atoms. The van der Waals surface area contributed by atoms with Gasteiger partial charge in [0.2, 0.25) is 27.6 Å². The number of nitrogens with zero attached hydrogens (tertiary/aromatic N) is 4. The van der Waals surface area contributed by atoms with Gasteiger partial charge in [-0.1, -0.05) is 29.4 Å². The fourth-order valence-corrected chi connectivity index (χ4v) is 5.48. The van der Waals surface area contributed by atoms with Crippen LogP contribution in [0.2, 0.25) is 0 Å². The van der Waals surface area contributed by atoms with Crippen LogP contribution < -0.4 is 10.2 Å². The number of amides is 1. The standard InChI is InChI=1S/C24H29N5O4S/c1-17-26-23(27-33-17)20-5-4-6-22(15-20)34(31,32)29-13-11-19(12-14-29)24(30)25-16-18-7-9-21(10-8-18)28(2)3/h4-10,15,19H,11-14,16H2,1-3H3,(H,25,30). The van der Waals surface area contributed by atoms with Crippen molar-refractivity contribution >= 4 is 21.6 Å². The van der Waals surface area contributed by atoms with E-state index in [1.807, 2.05) is 43.3 Å². The van der Waals surface area contributed by atoms with Gasteiger partial charge in [-0.25, -0.2) is 8.42 Å². The van der Waals surface area contributed by atoms with Crippen LogP contribution in [0.3, 0.4) is 0 Å². The molecule has 180 valence electrons. The van der Waals surface area contributed by atoms with Gasteiger partial charge in [0.05, 0.1) is 4.90 Å². The molecule has 1 aromatic heterocycles. The highest BCUT2D eigenvalue weighted by atomic mass is 32.2. The third-order valence-electron chi connectivity index (χ3n) is 6.00. The normalized spacial score (nSPS) is 15.3. The Kier molecular flexibility index (Phi) is 6.99. The number of nitrogens with one attached hydrogen (secondary N) is 1. The molecule has 1 saturated heterocycles. The van der Waals surface area contributed by atoms with Gasteiger partial charge in [0, 0.05) is 57.8 Å². The van der Waals surface area contributed by atoms with Crippen LogP contribution >= 0.6 is 0 Å². The van der Waals surface area contributed by atoms with Crippen LogP contribution in [0.25, 0.3) is 11.4 Å². The summed E-state index contributed by atoms with van der Waals surface area (Å²) in [6.45, 7) is 2.72. The van der Waals surface area contributed by atoms with Gasteiger partial charge in [-0.3, -0.25) is 4.79 Å². The predicted molar refractivity (Wildman–Crippen MR) is 129 cm³/mol. The van der Waals surface area contributed by atoms with E-state index in [1.165, 1.54) is 4.31 Å². The molecule has 1 aliphatic heterocycles. The Morgan fingerprint density at radius 3 is 2.47 bits per heavy atom. The van der Waals surface area contributed by atoms with Crippen molar-refractivity contribution in [1.29, 1.82) is 0 Å². The number of sulfonamides is 1. The molecule has 4 rings (SSSR count). The van der Waals surface area contributed by atoms with Crippen molar-refractivity contribution in [2.45, 2.75) is 31.2 Å². The Balaban J connectivity index is 1.34. The molecule has 1 aliphatic rings. The van der Waals surface area contributed by atoms with Gasteiger partial charge < -0.3 is 14.7 Å². The fraction of sp³-hybridized carbons (Fsp3) is 0.375. The number of hydrogen-bond donors (Lipinski definition) is 1. The second kappa shape index (κ2) is 9.94. The molecule has 10 heteroatoms. The molecule has 0 atom stereocenters. The van der Waals surface area contributed by atoms with Crippen LogP contribution in [-0.2, 0) is 21.4 Å². The van der Waals surface area contributed by atoms with Crippen LogP contribution in [0.5, 0.6) is 0 Å². The Labute approximate surface area is 199 Å². The van der Waals surface area contributed by atoms with Gasteiger partial charge in [0.25, 0.3) is 0 Å². The van der Waals surface area contributed by atoms with Crippen LogP contribution in [0.1, 0.15) is 24.3 Å². The van der Waals surface area contributed by atoms with E-state index < -0.39 is 10.0 Å². The molecule has 2 heterocycles. The van der Waals surface area contributed by atoms with Gasteiger partial charge in [-0.15, -0.1) is 0 Å². The van der Waals surface area contributed by atoms with Crippen molar-refractivity contribution < 1.29 is 17.7 Å². The molecule has 2 aromatic carbocycles. The average Bonchev–Trinajstić information content (AvgIpc) is 3.29. The molecule has 9 nitrogen and oxygen atoms in total. The fourth-order valence-electron chi connectivity index (χ4n) is 3.97. The third-order valence-corrected chi connectivity index (χ3v) is 7.90. The first kappa shape index (κ1) is 23.9. The van der Waals surface area contributed by atoms with Gasteiger partial charge in [-0.2, -0.15) is 9.29 Å². The van der Waals surface area contributed by atoms with Crippen molar-refractivity contribution in [2.24, 2.45) is 5.92 Å². The Hall–Kier alpha value is -3.24. The number of carbonyl (C=O) groups is 1. The number of rotatable bonds is 7. The number of benzene rings is 2. The first-order valence-electron chi connectivity index (χ1n) is 11.2. The molecule has 0 spiro atoms. The van der Waals surface area contributed by atoms with Crippen molar-refractivity contribution in [3.63, 3.8) is 0 Å². The predicted octanol–water partition coefficient (Wildman–Crippen LogP) is 2.83. The largest absolute Gasteiger partial charge is 0.378 e. The molecule has 34 heavy (non-hydrogen) atoms. The summed E-state index contributed by atoms with van der Waals surface area (Å²) in [6.07, 6.45) is 0.961. The summed E-state index contributed by atoms with van der Waals surface area (Å²) in [5.74, 6) is 0.514. The van der Waals surface area contributed by atoms with E-state index in [2.05, 4.69) is 15.5 Å². The zero-order valence-corrected chi connectivity index (χ0v) is 20.4. The number of aromatic nitrogens is 2. The maximum absolute atomic E-state index is 13.2. The van der Waals surface area contributed by atoms with Crippen molar-refractivity contribution in [3.05, 3.63) is 60.0 Å². The topological polar surface area (TPSA) is 109 Å². The number of aryl methyl sites for hydroxylation is 1. The summed E-state index contributed by atoms with van der Waals surface area (Å²) in [7, 11) is 0.272. The van der Waals surface area contributed by atoms with E-state index in [0.717, 1.165) is 11.3 Å².